The molecule has 22 heavy (non-hydrogen) atoms. The minimum atomic E-state index is -0.823. The number of carbonyl (C=O) groups is 3. The number of ether oxygens (including phenoxy) is 1. The Bertz CT molecular complexity index is 535. The van der Waals surface area contributed by atoms with Crippen LogP contribution in [0.3, 0.4) is 0 Å². The first-order valence-electron chi connectivity index (χ1n) is 7.81. The topological polar surface area (TPSA) is 60.4 Å². The van der Waals surface area contributed by atoms with Crippen LogP contribution in [0.15, 0.2) is 30.3 Å². The molecule has 0 bridgehead atoms. The van der Waals surface area contributed by atoms with Gasteiger partial charge in [0.25, 0.3) is 0 Å². The van der Waals surface area contributed by atoms with E-state index in [-0.39, 0.29) is 24.1 Å². The van der Waals surface area contributed by atoms with Crippen LogP contribution in [-0.4, -0.2) is 17.5 Å². The summed E-state index contributed by atoms with van der Waals surface area (Å²) in [6, 6.07) is 9.35. The highest BCUT2D eigenvalue weighted by atomic mass is 16.5. The third-order valence-corrected chi connectivity index (χ3v) is 4.20. The fourth-order valence-electron chi connectivity index (χ4n) is 2.85. The number of rotatable bonds is 6. The highest BCUT2D eigenvalue weighted by Gasteiger charge is 2.32. The Balaban J connectivity index is 1.93. The summed E-state index contributed by atoms with van der Waals surface area (Å²) in [5.41, 5.74) is 0.881. The molecule has 1 aliphatic carbocycles. The molecule has 0 spiro atoms. The van der Waals surface area contributed by atoms with E-state index in [1.165, 1.54) is 6.92 Å². The molecule has 0 radical (unpaired) electrons. The molecule has 0 amide bonds. The van der Waals surface area contributed by atoms with Gasteiger partial charge in [0.15, 0.2) is 0 Å². The van der Waals surface area contributed by atoms with Gasteiger partial charge in [-0.25, -0.2) is 0 Å². The van der Waals surface area contributed by atoms with E-state index in [9.17, 15) is 14.4 Å². The summed E-state index contributed by atoms with van der Waals surface area (Å²) in [7, 11) is 0. The van der Waals surface area contributed by atoms with Crippen molar-refractivity contribution in [3.05, 3.63) is 35.9 Å². The average Bonchev–Trinajstić information content (AvgIpc) is 2.52. The third kappa shape index (κ3) is 4.52. The molecule has 1 fully saturated rings. The smallest absolute Gasteiger partial charge is 0.316 e. The van der Waals surface area contributed by atoms with E-state index in [1.54, 1.807) is 0 Å². The normalized spacial score (nSPS) is 19.5. The molecule has 4 heteroatoms. The van der Waals surface area contributed by atoms with Gasteiger partial charge in [-0.2, -0.15) is 0 Å². The van der Waals surface area contributed by atoms with Crippen molar-refractivity contribution in [2.45, 2.75) is 45.6 Å². The van der Waals surface area contributed by atoms with E-state index < -0.39 is 11.9 Å². The van der Waals surface area contributed by atoms with Gasteiger partial charge in [-0.15, -0.1) is 0 Å². The molecule has 0 N–H and O–H groups in total. The van der Waals surface area contributed by atoms with Crippen molar-refractivity contribution in [3.63, 3.8) is 0 Å². The first kappa shape index (κ1) is 16.4. The molecule has 4 nitrogen and oxygen atoms in total. The summed E-state index contributed by atoms with van der Waals surface area (Å²) in [4.78, 5) is 35.8. The fraction of sp³-hybridized carbons (Fsp3) is 0.500. The van der Waals surface area contributed by atoms with Crippen LogP contribution in [0.25, 0.3) is 0 Å². The second-order valence-corrected chi connectivity index (χ2v) is 5.90. The van der Waals surface area contributed by atoms with Crippen molar-refractivity contribution in [3.8, 4) is 0 Å². The van der Waals surface area contributed by atoms with E-state index in [4.69, 9.17) is 4.74 Å². The number of carbonyl (C=O) groups excluding carboxylic acids is 3. The van der Waals surface area contributed by atoms with Gasteiger partial charge in [0.05, 0.1) is 0 Å². The van der Waals surface area contributed by atoms with E-state index in [1.807, 2.05) is 30.3 Å². The van der Waals surface area contributed by atoms with Crippen LogP contribution < -0.4 is 0 Å². The summed E-state index contributed by atoms with van der Waals surface area (Å²) >= 11 is 0. The average molecular weight is 302 g/mol. The number of Topliss-reactive ketones (excluding diaryl/α,β-unsaturated/α-hetero) is 2. The van der Waals surface area contributed by atoms with Crippen molar-refractivity contribution >= 4 is 17.5 Å². The van der Waals surface area contributed by atoms with Crippen LogP contribution in [0.4, 0.5) is 0 Å². The third-order valence-electron chi connectivity index (χ3n) is 4.20. The quantitative estimate of drug-likeness (QED) is 0.598. The summed E-state index contributed by atoms with van der Waals surface area (Å²) in [5.74, 6) is -1.57. The van der Waals surface area contributed by atoms with Gasteiger partial charge >= 0.3 is 5.97 Å². The molecule has 2 atom stereocenters. The fourth-order valence-corrected chi connectivity index (χ4v) is 2.85. The largest absolute Gasteiger partial charge is 0.460 e. The van der Waals surface area contributed by atoms with Crippen molar-refractivity contribution < 1.29 is 19.1 Å². The zero-order chi connectivity index (χ0) is 15.9. The van der Waals surface area contributed by atoms with Crippen molar-refractivity contribution in [2.24, 2.45) is 11.8 Å². The second-order valence-electron chi connectivity index (χ2n) is 5.90. The van der Waals surface area contributed by atoms with Crippen LogP contribution in [0.1, 0.15) is 44.6 Å². The molecule has 1 aromatic carbocycles. The lowest BCUT2D eigenvalue weighted by Crippen LogP contribution is -2.30. The maximum absolute atomic E-state index is 12.2. The summed E-state index contributed by atoms with van der Waals surface area (Å²) < 4.78 is 5.26. The van der Waals surface area contributed by atoms with Gasteiger partial charge < -0.3 is 4.74 Å². The second kappa shape index (κ2) is 7.87. The Hall–Kier alpha value is -1.97. The van der Waals surface area contributed by atoms with Crippen LogP contribution in [0, 0.1) is 11.8 Å². The summed E-state index contributed by atoms with van der Waals surface area (Å²) in [6.45, 7) is 1.55. The standard InChI is InChI=1S/C18H22O4/c1-13(19)16(11-15-9-5-6-10-17(15)20)18(21)22-12-14-7-3-2-4-8-14/h2-4,7-8,15-16H,5-6,9-12H2,1H3. The van der Waals surface area contributed by atoms with E-state index >= 15 is 0 Å². The number of benzene rings is 1. The lowest BCUT2D eigenvalue weighted by Gasteiger charge is -2.23. The van der Waals surface area contributed by atoms with Crippen LogP contribution in [0.2, 0.25) is 0 Å². The molecule has 1 saturated carbocycles. The predicted octanol–water partition coefficient (Wildman–Crippen LogP) is 3.08. The molecule has 1 aromatic rings. The lowest BCUT2D eigenvalue weighted by atomic mass is 9.81. The molecule has 2 rings (SSSR count). The van der Waals surface area contributed by atoms with Gasteiger partial charge in [-0.1, -0.05) is 36.8 Å². The number of hydrogen-bond acceptors (Lipinski definition) is 4. The maximum Gasteiger partial charge on any atom is 0.316 e. The Labute approximate surface area is 130 Å². The molecule has 2 unspecified atom stereocenters. The molecule has 1 aliphatic rings. The Morgan fingerprint density at radius 2 is 1.95 bits per heavy atom. The van der Waals surface area contributed by atoms with E-state index in [0.29, 0.717) is 12.8 Å². The Morgan fingerprint density at radius 3 is 2.59 bits per heavy atom. The van der Waals surface area contributed by atoms with Gasteiger partial charge in [0, 0.05) is 12.3 Å². The maximum atomic E-state index is 12.2. The van der Waals surface area contributed by atoms with E-state index in [2.05, 4.69) is 0 Å². The zero-order valence-corrected chi connectivity index (χ0v) is 12.9. The Kier molecular flexibility index (Phi) is 5.87. The van der Waals surface area contributed by atoms with Crippen molar-refractivity contribution in [1.82, 2.24) is 0 Å². The van der Waals surface area contributed by atoms with E-state index in [0.717, 1.165) is 24.8 Å². The van der Waals surface area contributed by atoms with Crippen molar-refractivity contribution in [1.29, 1.82) is 0 Å². The molecule has 0 aromatic heterocycles. The first-order valence-corrected chi connectivity index (χ1v) is 7.81. The monoisotopic (exact) mass is 302 g/mol. The first-order chi connectivity index (χ1) is 10.6. The molecular formula is C18H22O4. The molecular weight excluding hydrogens is 280 g/mol. The lowest BCUT2D eigenvalue weighted by molar-refractivity contribution is -0.153. The van der Waals surface area contributed by atoms with Crippen LogP contribution in [0.5, 0.6) is 0 Å². The minimum Gasteiger partial charge on any atom is -0.460 e. The summed E-state index contributed by atoms with van der Waals surface area (Å²) in [6.07, 6.45) is 3.53. The minimum absolute atomic E-state index is 0.155. The SMILES string of the molecule is CC(=O)C(CC1CCCCC1=O)C(=O)OCc1ccccc1. The van der Waals surface area contributed by atoms with Crippen molar-refractivity contribution in [2.75, 3.05) is 0 Å². The highest BCUT2D eigenvalue weighted by molar-refractivity contribution is 5.98. The molecule has 0 saturated heterocycles. The van der Waals surface area contributed by atoms with Crippen LogP contribution >= 0.6 is 0 Å². The van der Waals surface area contributed by atoms with Gasteiger partial charge in [0.1, 0.15) is 24.1 Å². The summed E-state index contributed by atoms with van der Waals surface area (Å²) in [5, 5.41) is 0. The number of ketones is 2. The van der Waals surface area contributed by atoms with Gasteiger partial charge in [-0.3, -0.25) is 14.4 Å². The molecule has 0 aliphatic heterocycles. The Morgan fingerprint density at radius 1 is 1.23 bits per heavy atom. The highest BCUT2D eigenvalue weighted by Crippen LogP contribution is 2.27. The predicted molar refractivity (Wildman–Crippen MR) is 82.0 cm³/mol. The van der Waals surface area contributed by atoms with Gasteiger partial charge in [-0.05, 0) is 31.7 Å². The number of esters is 1. The van der Waals surface area contributed by atoms with Gasteiger partial charge in [0.2, 0.25) is 0 Å². The number of hydrogen-bond donors (Lipinski definition) is 0. The van der Waals surface area contributed by atoms with Crippen LogP contribution in [-0.2, 0) is 25.7 Å². The zero-order valence-electron chi connectivity index (χ0n) is 12.9. The molecule has 118 valence electrons. The molecule has 0 heterocycles.